The Hall–Kier alpha value is -2.72. The van der Waals surface area contributed by atoms with Crippen molar-refractivity contribution in [3.8, 4) is 0 Å². The van der Waals surface area contributed by atoms with Crippen LogP contribution in [0, 0.1) is 10.1 Å². The van der Waals surface area contributed by atoms with Gasteiger partial charge in [0.05, 0.1) is 9.82 Å². The molecule has 1 fully saturated rings. The van der Waals surface area contributed by atoms with E-state index in [0.717, 1.165) is 6.07 Å². The number of nitro benzene ring substituents is 1. The van der Waals surface area contributed by atoms with Gasteiger partial charge in [0.1, 0.15) is 5.69 Å². The highest BCUT2D eigenvalue weighted by molar-refractivity contribution is 7.89. The predicted molar refractivity (Wildman–Crippen MR) is 93.2 cm³/mol. The van der Waals surface area contributed by atoms with Crippen LogP contribution in [0.5, 0.6) is 0 Å². The Bertz CT molecular complexity index is 945. The number of rotatable bonds is 4. The second-order valence-corrected chi connectivity index (χ2v) is 7.89. The third-order valence-electron chi connectivity index (χ3n) is 4.35. The third kappa shape index (κ3) is 3.33. The quantitative estimate of drug-likeness (QED) is 0.585. The second-order valence-electron chi connectivity index (χ2n) is 5.96. The number of piperazine rings is 1. The second kappa shape index (κ2) is 6.89. The first kappa shape index (κ1) is 18.1. The number of aryl methyl sites for hydroxylation is 1. The van der Waals surface area contributed by atoms with Crippen molar-refractivity contribution in [1.82, 2.24) is 13.8 Å². The average Bonchev–Trinajstić information content (AvgIpc) is 3.07. The molecule has 0 bridgehead atoms. The first-order chi connectivity index (χ1) is 12.3. The van der Waals surface area contributed by atoms with Crippen LogP contribution in [0.4, 0.5) is 5.69 Å². The van der Waals surface area contributed by atoms with Crippen LogP contribution in [0.2, 0.25) is 0 Å². The summed E-state index contributed by atoms with van der Waals surface area (Å²) in [5.41, 5.74) is 0.267. The fourth-order valence-electron chi connectivity index (χ4n) is 2.88. The number of hydrogen-bond donors (Lipinski definition) is 0. The molecule has 2 heterocycles. The SMILES string of the molecule is Cn1cccc1C(=O)N1CCN(S(=O)(=O)c2cccc([N+](=O)[O-])c2)CC1. The number of benzene rings is 1. The maximum atomic E-state index is 12.7. The number of nitrogens with zero attached hydrogens (tertiary/aromatic N) is 4. The molecule has 3 rings (SSSR count). The standard InChI is InChI=1S/C16H18N4O5S/c1-17-7-3-6-15(17)16(21)18-8-10-19(11-9-18)26(24,25)14-5-2-4-13(12-14)20(22)23/h2-7,12H,8-11H2,1H3. The van der Waals surface area contributed by atoms with E-state index in [1.165, 1.54) is 22.5 Å². The Labute approximate surface area is 150 Å². The van der Waals surface area contributed by atoms with E-state index in [9.17, 15) is 23.3 Å². The average molecular weight is 378 g/mol. The fourth-order valence-corrected chi connectivity index (χ4v) is 4.35. The van der Waals surface area contributed by atoms with Crippen LogP contribution in [-0.4, -0.2) is 59.2 Å². The lowest BCUT2D eigenvalue weighted by molar-refractivity contribution is -0.385. The summed E-state index contributed by atoms with van der Waals surface area (Å²) in [5.74, 6) is -0.148. The fraction of sp³-hybridized carbons (Fsp3) is 0.312. The molecule has 1 saturated heterocycles. The minimum Gasteiger partial charge on any atom is -0.347 e. The zero-order valence-electron chi connectivity index (χ0n) is 14.1. The molecule has 0 atom stereocenters. The molecule has 26 heavy (non-hydrogen) atoms. The molecule has 0 N–H and O–H groups in total. The highest BCUT2D eigenvalue weighted by Crippen LogP contribution is 2.22. The van der Waals surface area contributed by atoms with Crippen LogP contribution in [-0.2, 0) is 17.1 Å². The van der Waals surface area contributed by atoms with Gasteiger partial charge in [0.15, 0.2) is 0 Å². The summed E-state index contributed by atoms with van der Waals surface area (Å²) in [4.78, 5) is 24.2. The van der Waals surface area contributed by atoms with Gasteiger partial charge in [0, 0.05) is 51.6 Å². The molecular formula is C16H18N4O5S. The van der Waals surface area contributed by atoms with Crippen LogP contribution < -0.4 is 0 Å². The third-order valence-corrected chi connectivity index (χ3v) is 6.25. The van der Waals surface area contributed by atoms with Gasteiger partial charge in [-0.15, -0.1) is 0 Å². The van der Waals surface area contributed by atoms with Crippen molar-refractivity contribution in [3.05, 3.63) is 58.4 Å². The molecule has 1 aliphatic heterocycles. The van der Waals surface area contributed by atoms with Crippen molar-refractivity contribution in [2.75, 3.05) is 26.2 Å². The van der Waals surface area contributed by atoms with Crippen LogP contribution in [0.1, 0.15) is 10.5 Å². The van der Waals surface area contributed by atoms with Gasteiger partial charge in [0.2, 0.25) is 10.0 Å². The van der Waals surface area contributed by atoms with Crippen LogP contribution >= 0.6 is 0 Å². The maximum absolute atomic E-state index is 12.7. The number of amides is 1. The summed E-state index contributed by atoms with van der Waals surface area (Å²) in [5, 5.41) is 10.9. The minimum atomic E-state index is -3.84. The Morgan fingerprint density at radius 1 is 1.12 bits per heavy atom. The molecule has 1 aromatic carbocycles. The van der Waals surface area contributed by atoms with E-state index < -0.39 is 14.9 Å². The molecule has 0 unspecified atom stereocenters. The topological polar surface area (TPSA) is 106 Å². The van der Waals surface area contributed by atoms with Crippen molar-refractivity contribution in [1.29, 1.82) is 0 Å². The van der Waals surface area contributed by atoms with Gasteiger partial charge < -0.3 is 9.47 Å². The molecule has 0 radical (unpaired) electrons. The van der Waals surface area contributed by atoms with Gasteiger partial charge in [-0.2, -0.15) is 4.31 Å². The Kier molecular flexibility index (Phi) is 4.79. The largest absolute Gasteiger partial charge is 0.347 e. The Balaban J connectivity index is 1.73. The molecule has 138 valence electrons. The van der Waals surface area contributed by atoms with Crippen LogP contribution in [0.25, 0.3) is 0 Å². The van der Waals surface area contributed by atoms with E-state index in [4.69, 9.17) is 0 Å². The van der Waals surface area contributed by atoms with E-state index in [-0.39, 0.29) is 42.7 Å². The van der Waals surface area contributed by atoms with E-state index in [2.05, 4.69) is 0 Å². The van der Waals surface area contributed by atoms with Gasteiger partial charge in [-0.25, -0.2) is 8.42 Å². The number of carbonyl (C=O) groups is 1. The van der Waals surface area contributed by atoms with Crippen LogP contribution in [0.3, 0.4) is 0 Å². The summed E-state index contributed by atoms with van der Waals surface area (Å²) in [7, 11) is -2.07. The lowest BCUT2D eigenvalue weighted by Gasteiger charge is -2.34. The lowest BCUT2D eigenvalue weighted by atomic mass is 10.3. The maximum Gasteiger partial charge on any atom is 0.270 e. The van der Waals surface area contributed by atoms with Gasteiger partial charge in [0.25, 0.3) is 11.6 Å². The molecule has 2 aromatic rings. The molecule has 9 nitrogen and oxygen atoms in total. The summed E-state index contributed by atoms with van der Waals surface area (Å²) < 4.78 is 28.4. The monoisotopic (exact) mass is 378 g/mol. The summed E-state index contributed by atoms with van der Waals surface area (Å²) >= 11 is 0. The van der Waals surface area contributed by atoms with Crippen molar-refractivity contribution in [2.45, 2.75) is 4.90 Å². The first-order valence-electron chi connectivity index (χ1n) is 7.96. The van der Waals surface area contributed by atoms with E-state index in [0.29, 0.717) is 5.69 Å². The molecule has 0 saturated carbocycles. The number of carbonyl (C=O) groups excluding carboxylic acids is 1. The summed E-state index contributed by atoms with van der Waals surface area (Å²) in [6.07, 6.45) is 1.77. The molecule has 1 amide bonds. The zero-order chi connectivity index (χ0) is 18.9. The first-order valence-corrected chi connectivity index (χ1v) is 9.40. The van der Waals surface area contributed by atoms with Crippen molar-refractivity contribution in [3.63, 3.8) is 0 Å². The highest BCUT2D eigenvalue weighted by atomic mass is 32.2. The summed E-state index contributed by atoms with van der Waals surface area (Å²) in [6.45, 7) is 0.804. The molecule has 10 heteroatoms. The van der Waals surface area contributed by atoms with Crippen molar-refractivity contribution in [2.24, 2.45) is 7.05 Å². The van der Waals surface area contributed by atoms with Gasteiger partial charge in [-0.05, 0) is 18.2 Å². The lowest BCUT2D eigenvalue weighted by Crippen LogP contribution is -2.50. The minimum absolute atomic E-state index is 0.117. The Morgan fingerprint density at radius 2 is 1.81 bits per heavy atom. The van der Waals surface area contributed by atoms with Crippen molar-refractivity contribution >= 4 is 21.6 Å². The number of sulfonamides is 1. The molecule has 0 spiro atoms. The van der Waals surface area contributed by atoms with Gasteiger partial charge >= 0.3 is 0 Å². The molecule has 1 aliphatic rings. The van der Waals surface area contributed by atoms with Gasteiger partial charge in [-0.3, -0.25) is 14.9 Å². The molecule has 0 aliphatic carbocycles. The van der Waals surface area contributed by atoms with E-state index in [1.807, 2.05) is 0 Å². The predicted octanol–water partition coefficient (Wildman–Crippen LogP) is 1.08. The zero-order valence-corrected chi connectivity index (χ0v) is 14.9. The summed E-state index contributed by atoms with van der Waals surface area (Å²) in [6, 6.07) is 8.47. The number of aromatic nitrogens is 1. The van der Waals surface area contributed by atoms with Crippen molar-refractivity contribution < 1.29 is 18.1 Å². The van der Waals surface area contributed by atoms with Gasteiger partial charge in [-0.1, -0.05) is 6.07 Å². The number of hydrogen-bond acceptors (Lipinski definition) is 5. The van der Waals surface area contributed by atoms with E-state index >= 15 is 0 Å². The molecular weight excluding hydrogens is 360 g/mol. The van der Waals surface area contributed by atoms with E-state index in [1.54, 1.807) is 34.8 Å². The normalized spacial score (nSPS) is 15.8. The smallest absolute Gasteiger partial charge is 0.270 e. The highest BCUT2D eigenvalue weighted by Gasteiger charge is 2.31. The Morgan fingerprint density at radius 3 is 2.38 bits per heavy atom. The molecule has 1 aromatic heterocycles. The number of nitro groups is 1. The van der Waals surface area contributed by atoms with Crippen LogP contribution in [0.15, 0.2) is 47.5 Å². The number of non-ortho nitro benzene ring substituents is 1.